The van der Waals surface area contributed by atoms with Gasteiger partial charge in [-0.1, -0.05) is 36.4 Å². The number of carbonyl (C=O) groups excluding carboxylic acids is 2. The molecule has 4 aromatic carbocycles. The van der Waals surface area contributed by atoms with Crippen molar-refractivity contribution in [3.8, 4) is 23.0 Å². The number of halogens is 3. The third-order valence-electron chi connectivity index (χ3n) is 6.40. The standard InChI is InChI=1S/C19H23N2O7P.C7H15NO2.C6H5Cl2O2P.C6H5NO3.ClH.H2O/c1-14(2)26-18(22)19(3,4)20-29(25,27-16-8-6-5-7-9-16)28-17-12-10-15(11-13-17)21(23)24;1-5(2)10-6(9)7(3,4)8;7-11(8,9)10-6-4-2-1-3-5-6;8-6-3-1-5(2-4-6)7(9)10;;/h5-14H,1-4H3,(H,20,25);5H,8H2,1-4H3;1-5H;1-4,8H;1H;1H2. The molecule has 344 valence electrons. The molecule has 62 heavy (non-hydrogen) atoms. The van der Waals surface area contributed by atoms with E-state index in [2.05, 4.69) is 9.61 Å². The second kappa shape index (κ2) is 27.2. The van der Waals surface area contributed by atoms with Crippen LogP contribution >= 0.6 is 48.7 Å². The number of phenolic OH excluding ortho intramolecular Hbond substituents is 1. The molecule has 0 radical (unpaired) electrons. The van der Waals surface area contributed by atoms with Crippen LogP contribution in [-0.2, 0) is 28.2 Å². The van der Waals surface area contributed by atoms with Gasteiger partial charge < -0.3 is 39.4 Å². The van der Waals surface area contributed by atoms with Crippen LogP contribution in [0.3, 0.4) is 0 Å². The van der Waals surface area contributed by atoms with Crippen molar-refractivity contribution in [1.82, 2.24) is 5.09 Å². The molecule has 1 unspecified atom stereocenters. The van der Waals surface area contributed by atoms with E-state index in [4.69, 9.17) is 51.8 Å². The number of carbonyl (C=O) groups is 2. The van der Waals surface area contributed by atoms with Crippen LogP contribution in [0.15, 0.2) is 109 Å². The topological polar surface area (TPSA) is 290 Å². The van der Waals surface area contributed by atoms with E-state index < -0.39 is 40.7 Å². The molecule has 0 fully saturated rings. The molecular formula is C38H51Cl3N4O15P2. The quantitative estimate of drug-likeness (QED) is 0.0458. The molecule has 0 heterocycles. The van der Waals surface area contributed by atoms with Crippen LogP contribution in [0.2, 0.25) is 0 Å². The van der Waals surface area contributed by atoms with Gasteiger partial charge in [-0.2, -0.15) is 5.09 Å². The summed E-state index contributed by atoms with van der Waals surface area (Å²) in [6.45, 7) is 13.2. The second-order valence-corrected chi connectivity index (χ2v) is 19.5. The van der Waals surface area contributed by atoms with E-state index in [0.717, 1.165) is 0 Å². The number of hydrogen-bond donors (Lipinski definition) is 3. The van der Waals surface area contributed by atoms with Crippen molar-refractivity contribution < 1.29 is 62.2 Å². The molecular weight excluding hydrogens is 921 g/mol. The number of esters is 2. The zero-order valence-corrected chi connectivity index (χ0v) is 38.9. The number of benzene rings is 4. The van der Waals surface area contributed by atoms with Crippen molar-refractivity contribution in [3.05, 3.63) is 129 Å². The summed E-state index contributed by atoms with van der Waals surface area (Å²) in [7, 11) is -4.14. The zero-order chi connectivity index (χ0) is 45.9. The van der Waals surface area contributed by atoms with Gasteiger partial charge in [0.15, 0.2) is 0 Å². The first-order valence-electron chi connectivity index (χ1n) is 17.6. The van der Waals surface area contributed by atoms with E-state index in [9.17, 15) is 38.9 Å². The van der Waals surface area contributed by atoms with Gasteiger partial charge in [-0.15, -0.1) is 12.4 Å². The number of nitro groups is 2. The van der Waals surface area contributed by atoms with Gasteiger partial charge in [0.1, 0.15) is 34.1 Å². The van der Waals surface area contributed by atoms with E-state index in [1.807, 2.05) is 0 Å². The molecule has 0 aromatic heterocycles. The van der Waals surface area contributed by atoms with E-state index in [-0.39, 0.29) is 64.7 Å². The van der Waals surface area contributed by atoms with E-state index >= 15 is 0 Å². The van der Waals surface area contributed by atoms with E-state index in [1.165, 1.54) is 62.4 Å². The molecule has 1 atom stereocenters. The lowest BCUT2D eigenvalue weighted by molar-refractivity contribution is -0.385. The lowest BCUT2D eigenvalue weighted by atomic mass is 10.1. The second-order valence-electron chi connectivity index (χ2n) is 13.7. The average molecular weight is 972 g/mol. The SMILES string of the molecule is CC(C)OC(=O)C(C)(C)N.CC(C)OC(=O)C(C)(C)NP(=O)(Oc1ccccc1)Oc1ccc([N+](=O)[O-])cc1.Cl.O.O=P(Cl)(Cl)Oc1ccccc1.O=[N+]([O-])c1ccc(O)cc1. The monoisotopic (exact) mass is 970 g/mol. The van der Waals surface area contributed by atoms with Crippen molar-refractivity contribution in [2.45, 2.75) is 78.7 Å². The number of ether oxygens (including phenoxy) is 2. The van der Waals surface area contributed by atoms with E-state index in [0.29, 0.717) is 5.75 Å². The fraction of sp³-hybridized carbons (Fsp3) is 0.316. The van der Waals surface area contributed by atoms with Crippen molar-refractivity contribution in [1.29, 1.82) is 0 Å². The molecule has 0 saturated heterocycles. The number of phenols is 1. The average Bonchev–Trinajstić information content (AvgIpc) is 3.12. The molecule has 24 heteroatoms. The highest BCUT2D eigenvalue weighted by molar-refractivity contribution is 8.05. The largest absolute Gasteiger partial charge is 0.513 e. The Morgan fingerprint density at radius 1 is 0.661 bits per heavy atom. The Labute approximate surface area is 374 Å². The zero-order valence-electron chi connectivity index (χ0n) is 34.8. The summed E-state index contributed by atoms with van der Waals surface area (Å²) >= 11 is 10.3. The Balaban J connectivity index is 0. The molecule has 0 bridgehead atoms. The molecule has 0 aliphatic heterocycles. The van der Waals surface area contributed by atoms with Crippen molar-refractivity contribution in [2.24, 2.45) is 5.73 Å². The highest BCUT2D eigenvalue weighted by Crippen LogP contribution is 2.57. The molecule has 0 amide bonds. The molecule has 4 rings (SSSR count). The maximum absolute atomic E-state index is 13.5. The van der Waals surface area contributed by atoms with Crippen LogP contribution in [0.25, 0.3) is 0 Å². The molecule has 4 aromatic rings. The summed E-state index contributed by atoms with van der Waals surface area (Å²) in [6, 6.07) is 26.8. The van der Waals surface area contributed by atoms with Crippen molar-refractivity contribution in [3.63, 3.8) is 0 Å². The number of aromatic hydroxyl groups is 1. The summed E-state index contributed by atoms with van der Waals surface area (Å²) < 4.78 is 50.0. The number of rotatable bonds is 14. The summed E-state index contributed by atoms with van der Waals surface area (Å²) in [6.07, 6.45) is -3.90. The number of hydrogen-bond acceptors (Lipinski definition) is 15. The summed E-state index contributed by atoms with van der Waals surface area (Å²) in [5.41, 5.74) is 3.01. The first-order valence-corrected chi connectivity index (χ1v) is 22.6. The number of non-ortho nitro benzene ring substituents is 2. The fourth-order valence-corrected chi connectivity index (χ4v) is 6.29. The maximum Gasteiger partial charge on any atom is 0.513 e. The number of nitro benzene ring substituents is 2. The Morgan fingerprint density at radius 3 is 1.32 bits per heavy atom. The number of nitrogens with two attached hydrogens (primary N) is 1. The minimum atomic E-state index is -4.14. The van der Waals surface area contributed by atoms with Crippen LogP contribution in [0.1, 0.15) is 55.4 Å². The first-order chi connectivity index (χ1) is 27.6. The van der Waals surface area contributed by atoms with Gasteiger partial charge in [-0.25, -0.2) is 9.13 Å². The molecule has 0 spiro atoms. The predicted octanol–water partition coefficient (Wildman–Crippen LogP) is 9.70. The van der Waals surface area contributed by atoms with E-state index in [1.54, 1.807) is 102 Å². The highest BCUT2D eigenvalue weighted by Gasteiger charge is 2.42. The van der Waals surface area contributed by atoms with Gasteiger partial charge >= 0.3 is 25.8 Å². The van der Waals surface area contributed by atoms with Gasteiger partial charge in [-0.05, 0) is 104 Å². The van der Waals surface area contributed by atoms with Crippen molar-refractivity contribution >= 4 is 72.0 Å². The summed E-state index contributed by atoms with van der Waals surface area (Å²) in [4.78, 5) is 43.1. The first kappa shape index (κ1) is 59.1. The molecule has 0 aliphatic rings. The van der Waals surface area contributed by atoms with Crippen LogP contribution in [0, 0.1) is 20.2 Å². The van der Waals surface area contributed by atoms with Gasteiger partial charge in [0, 0.05) is 46.7 Å². The molecule has 19 nitrogen and oxygen atoms in total. The lowest BCUT2D eigenvalue weighted by Gasteiger charge is -2.29. The number of nitrogens with zero attached hydrogens (tertiary/aromatic N) is 2. The molecule has 0 saturated carbocycles. The van der Waals surface area contributed by atoms with Gasteiger partial charge in [0.05, 0.1) is 22.1 Å². The Kier molecular flexibility index (Phi) is 25.9. The van der Waals surface area contributed by atoms with Gasteiger partial charge in [-0.3, -0.25) is 29.8 Å². The van der Waals surface area contributed by atoms with Crippen LogP contribution in [0.4, 0.5) is 11.4 Å². The summed E-state index contributed by atoms with van der Waals surface area (Å²) in [5, 5.41) is 32.2. The molecule has 0 aliphatic carbocycles. The van der Waals surface area contributed by atoms with Gasteiger partial charge in [0.25, 0.3) is 11.4 Å². The maximum atomic E-state index is 13.5. The normalized spacial score (nSPS) is 11.6. The lowest BCUT2D eigenvalue weighted by Crippen LogP contribution is -2.48. The minimum Gasteiger partial charge on any atom is -0.508 e. The summed E-state index contributed by atoms with van der Waals surface area (Å²) in [5.74, 6) is -0.251. The Hall–Kier alpha value is -4.97. The number of nitrogens with one attached hydrogen (secondary N) is 1. The Morgan fingerprint density at radius 2 is 1.00 bits per heavy atom. The predicted molar refractivity (Wildman–Crippen MR) is 238 cm³/mol. The third-order valence-corrected chi connectivity index (χ3v) is 8.97. The Bertz CT molecular complexity index is 2070. The van der Waals surface area contributed by atoms with Crippen LogP contribution < -0.4 is 24.4 Å². The minimum absolute atomic E-state index is 0. The number of para-hydroxylation sites is 2. The van der Waals surface area contributed by atoms with Gasteiger partial charge in [0.2, 0.25) is 0 Å². The van der Waals surface area contributed by atoms with Crippen LogP contribution in [-0.4, -0.2) is 55.7 Å². The fourth-order valence-electron chi connectivity index (χ4n) is 3.75. The smallest absolute Gasteiger partial charge is 0.508 e. The van der Waals surface area contributed by atoms with Crippen molar-refractivity contribution in [2.75, 3.05) is 0 Å². The third kappa shape index (κ3) is 25.1. The van der Waals surface area contributed by atoms with Crippen LogP contribution in [0.5, 0.6) is 23.0 Å². The highest BCUT2D eigenvalue weighted by atomic mass is 35.9. The molecule has 6 N–H and O–H groups in total.